The van der Waals surface area contributed by atoms with Gasteiger partial charge >= 0.3 is 0 Å². The Balaban J connectivity index is 2.05. The van der Waals surface area contributed by atoms with E-state index in [1.807, 2.05) is 0 Å². The van der Waals surface area contributed by atoms with Gasteiger partial charge in [-0.1, -0.05) is 12.1 Å². The number of hydrogen-bond acceptors (Lipinski definition) is 3. The number of aromatic amines is 1. The zero-order chi connectivity index (χ0) is 14.5. The maximum absolute atomic E-state index is 12.7. The first-order valence-electron chi connectivity index (χ1n) is 5.95. The Hall–Kier alpha value is -2.47. The first-order valence-corrected chi connectivity index (χ1v) is 5.95. The van der Waals surface area contributed by atoms with Crippen LogP contribution in [0, 0.1) is 5.82 Å². The minimum atomic E-state index is -0.528. The average molecular weight is 276 g/mol. The molecule has 5 nitrogen and oxygen atoms in total. The molecule has 0 bridgehead atoms. The number of rotatable bonds is 4. The number of H-pyrrole nitrogens is 1. The van der Waals surface area contributed by atoms with Crippen LogP contribution in [-0.2, 0) is 13.2 Å². The third-order valence-electron chi connectivity index (χ3n) is 2.75. The molecule has 1 aromatic heterocycles. The normalized spacial score (nSPS) is 10.3. The second kappa shape index (κ2) is 6.12. The van der Waals surface area contributed by atoms with Gasteiger partial charge in [0.2, 0.25) is 0 Å². The molecule has 0 spiro atoms. The third kappa shape index (κ3) is 3.30. The van der Waals surface area contributed by atoms with E-state index in [9.17, 15) is 14.0 Å². The number of carbonyl (C=O) groups is 1. The molecule has 6 heteroatoms. The molecule has 0 saturated carbocycles. The van der Waals surface area contributed by atoms with Crippen molar-refractivity contribution >= 4 is 5.91 Å². The van der Waals surface area contributed by atoms with Crippen LogP contribution in [0.1, 0.15) is 21.6 Å². The topological polar surface area (TPSA) is 82.2 Å². The van der Waals surface area contributed by atoms with Crippen molar-refractivity contribution in [2.24, 2.45) is 0 Å². The summed E-state index contributed by atoms with van der Waals surface area (Å²) in [6.07, 6.45) is 1.26. The molecule has 0 aliphatic rings. The molecule has 0 atom stereocenters. The molecule has 3 N–H and O–H groups in total. The number of aliphatic hydroxyl groups is 1. The van der Waals surface area contributed by atoms with Crippen molar-refractivity contribution in [3.63, 3.8) is 0 Å². The SMILES string of the molecule is O=C(NCc1ccc(F)cc1)c1c[nH]c(CO)cc1=O. The summed E-state index contributed by atoms with van der Waals surface area (Å²) in [6, 6.07) is 6.87. The van der Waals surface area contributed by atoms with Crippen molar-refractivity contribution in [2.75, 3.05) is 0 Å². The molecule has 0 unspecified atom stereocenters. The fourth-order valence-corrected chi connectivity index (χ4v) is 1.66. The van der Waals surface area contributed by atoms with Gasteiger partial charge in [-0.3, -0.25) is 9.59 Å². The maximum atomic E-state index is 12.7. The monoisotopic (exact) mass is 276 g/mol. The Bertz CT molecular complexity index is 665. The Morgan fingerprint density at radius 3 is 2.60 bits per heavy atom. The molecular weight excluding hydrogens is 263 g/mol. The highest BCUT2D eigenvalue weighted by Crippen LogP contribution is 2.02. The summed E-state index contributed by atoms with van der Waals surface area (Å²) < 4.78 is 12.7. The lowest BCUT2D eigenvalue weighted by molar-refractivity contribution is 0.0949. The first-order chi connectivity index (χ1) is 9.60. The zero-order valence-corrected chi connectivity index (χ0v) is 10.5. The van der Waals surface area contributed by atoms with Gasteiger partial charge in [-0.05, 0) is 17.7 Å². The van der Waals surface area contributed by atoms with Crippen LogP contribution in [-0.4, -0.2) is 16.0 Å². The molecule has 20 heavy (non-hydrogen) atoms. The quantitative estimate of drug-likeness (QED) is 0.777. The number of carbonyl (C=O) groups excluding carboxylic acids is 1. The Labute approximate surface area is 114 Å². The summed E-state index contributed by atoms with van der Waals surface area (Å²) in [5.74, 6) is -0.879. The lowest BCUT2D eigenvalue weighted by Gasteiger charge is -2.05. The van der Waals surface area contributed by atoms with E-state index >= 15 is 0 Å². The predicted octanol–water partition coefficient (Wildman–Crippen LogP) is 0.936. The fourth-order valence-electron chi connectivity index (χ4n) is 1.66. The van der Waals surface area contributed by atoms with Gasteiger partial charge < -0.3 is 15.4 Å². The van der Waals surface area contributed by atoms with Gasteiger partial charge in [-0.2, -0.15) is 0 Å². The zero-order valence-electron chi connectivity index (χ0n) is 10.5. The summed E-state index contributed by atoms with van der Waals surface area (Å²) in [5.41, 5.74) is 0.557. The summed E-state index contributed by atoms with van der Waals surface area (Å²) in [4.78, 5) is 26.1. The maximum Gasteiger partial charge on any atom is 0.257 e. The standard InChI is InChI=1S/C14H13FN2O3/c15-10-3-1-9(2-4-10)6-17-14(20)12-7-16-11(8-18)5-13(12)19/h1-5,7,18H,6,8H2,(H,16,19)(H,17,20). The van der Waals surface area contributed by atoms with Crippen molar-refractivity contribution in [1.82, 2.24) is 10.3 Å². The van der Waals surface area contributed by atoms with Crippen molar-refractivity contribution in [1.29, 1.82) is 0 Å². The van der Waals surface area contributed by atoms with E-state index < -0.39 is 11.3 Å². The molecule has 1 amide bonds. The van der Waals surface area contributed by atoms with Crippen LogP contribution >= 0.6 is 0 Å². The van der Waals surface area contributed by atoms with Gasteiger partial charge in [-0.25, -0.2) is 4.39 Å². The van der Waals surface area contributed by atoms with Crippen LogP contribution in [0.3, 0.4) is 0 Å². The summed E-state index contributed by atoms with van der Waals surface area (Å²) in [6.45, 7) is -0.104. The summed E-state index contributed by atoms with van der Waals surface area (Å²) >= 11 is 0. The molecule has 0 aliphatic carbocycles. The van der Waals surface area contributed by atoms with E-state index in [1.54, 1.807) is 12.1 Å². The van der Waals surface area contributed by atoms with Crippen LogP contribution in [0.5, 0.6) is 0 Å². The number of hydrogen-bond donors (Lipinski definition) is 3. The van der Waals surface area contributed by atoms with Gasteiger partial charge in [0.05, 0.1) is 6.61 Å². The van der Waals surface area contributed by atoms with E-state index in [0.29, 0.717) is 5.69 Å². The average Bonchev–Trinajstić information content (AvgIpc) is 2.46. The fraction of sp³-hybridized carbons (Fsp3) is 0.143. The smallest absolute Gasteiger partial charge is 0.257 e. The molecule has 2 aromatic rings. The van der Waals surface area contributed by atoms with Crippen LogP contribution < -0.4 is 10.7 Å². The van der Waals surface area contributed by atoms with Gasteiger partial charge in [0.15, 0.2) is 5.43 Å². The number of halogens is 1. The van der Waals surface area contributed by atoms with Crippen LogP contribution in [0.2, 0.25) is 0 Å². The minimum Gasteiger partial charge on any atom is -0.390 e. The second-order valence-corrected chi connectivity index (χ2v) is 4.20. The third-order valence-corrected chi connectivity index (χ3v) is 2.75. The summed E-state index contributed by atoms with van der Waals surface area (Å²) in [7, 11) is 0. The molecule has 104 valence electrons. The molecule has 0 aliphatic heterocycles. The van der Waals surface area contributed by atoms with Gasteiger partial charge in [0.1, 0.15) is 11.4 Å². The minimum absolute atomic E-state index is 0.0377. The van der Waals surface area contributed by atoms with Crippen molar-refractivity contribution in [3.05, 3.63) is 69.4 Å². The summed E-state index contributed by atoms with van der Waals surface area (Å²) in [5, 5.41) is 11.4. The van der Waals surface area contributed by atoms with Crippen LogP contribution in [0.15, 0.2) is 41.3 Å². The highest BCUT2D eigenvalue weighted by Gasteiger charge is 2.10. The molecule has 2 rings (SSSR count). The van der Waals surface area contributed by atoms with E-state index in [2.05, 4.69) is 10.3 Å². The van der Waals surface area contributed by atoms with Crippen molar-refractivity contribution in [2.45, 2.75) is 13.2 Å². The van der Waals surface area contributed by atoms with E-state index in [-0.39, 0.29) is 24.5 Å². The highest BCUT2D eigenvalue weighted by molar-refractivity contribution is 5.93. The molecule has 1 heterocycles. The number of aliphatic hydroxyl groups excluding tert-OH is 1. The molecular formula is C14H13FN2O3. The second-order valence-electron chi connectivity index (χ2n) is 4.20. The van der Waals surface area contributed by atoms with Gasteiger partial charge in [-0.15, -0.1) is 0 Å². The number of pyridine rings is 1. The molecule has 0 radical (unpaired) electrons. The Kier molecular flexibility index (Phi) is 4.27. The number of nitrogens with one attached hydrogen (secondary N) is 2. The van der Waals surface area contributed by atoms with Crippen molar-refractivity contribution < 1.29 is 14.3 Å². The lowest BCUT2D eigenvalue weighted by atomic mass is 10.2. The van der Waals surface area contributed by atoms with Crippen molar-refractivity contribution in [3.8, 4) is 0 Å². The lowest BCUT2D eigenvalue weighted by Crippen LogP contribution is -2.28. The number of amides is 1. The molecule has 0 saturated heterocycles. The van der Waals surface area contributed by atoms with E-state index in [4.69, 9.17) is 5.11 Å². The first kappa shape index (κ1) is 14.0. The predicted molar refractivity (Wildman–Crippen MR) is 70.6 cm³/mol. The van der Waals surface area contributed by atoms with Gasteiger partial charge in [0, 0.05) is 24.5 Å². The van der Waals surface area contributed by atoms with Gasteiger partial charge in [0.25, 0.3) is 5.91 Å². The largest absolute Gasteiger partial charge is 0.390 e. The molecule has 0 fully saturated rings. The highest BCUT2D eigenvalue weighted by atomic mass is 19.1. The Morgan fingerprint density at radius 1 is 1.30 bits per heavy atom. The van der Waals surface area contributed by atoms with Crippen LogP contribution in [0.4, 0.5) is 4.39 Å². The van der Waals surface area contributed by atoms with E-state index in [0.717, 1.165) is 5.56 Å². The Morgan fingerprint density at radius 2 is 2.00 bits per heavy atom. The number of aromatic nitrogens is 1. The van der Waals surface area contributed by atoms with Crippen LogP contribution in [0.25, 0.3) is 0 Å². The molecule has 1 aromatic carbocycles. The van der Waals surface area contributed by atoms with E-state index in [1.165, 1.54) is 24.4 Å². The number of benzene rings is 1.